The molecule has 1 unspecified atom stereocenters. The summed E-state index contributed by atoms with van der Waals surface area (Å²) in [5.41, 5.74) is 8.18. The van der Waals surface area contributed by atoms with Crippen LogP contribution in [0.5, 0.6) is 0 Å². The van der Waals surface area contributed by atoms with E-state index in [1.807, 2.05) is 6.20 Å². The fourth-order valence-corrected chi connectivity index (χ4v) is 4.40. The Bertz CT molecular complexity index is 762. The van der Waals surface area contributed by atoms with Crippen LogP contribution in [0.3, 0.4) is 0 Å². The van der Waals surface area contributed by atoms with Gasteiger partial charge in [0.15, 0.2) is 0 Å². The molecule has 0 radical (unpaired) electrons. The molecule has 2 aromatic heterocycles. The van der Waals surface area contributed by atoms with E-state index in [-0.39, 0.29) is 5.41 Å². The first-order valence-electron chi connectivity index (χ1n) is 7.75. The lowest BCUT2D eigenvalue weighted by Gasteiger charge is -2.41. The highest BCUT2D eigenvalue weighted by atomic mass is 35.5. The second-order valence-corrected chi connectivity index (χ2v) is 7.21. The van der Waals surface area contributed by atoms with Crippen molar-refractivity contribution in [3.8, 4) is 0 Å². The average Bonchev–Trinajstić information content (AvgIpc) is 2.85. The standard InChI is InChI=1S/C16H17Cl2N5/c17-11-6-12(18)14(20-8-11)23-5-1-3-16(9-23)4-2-10-7-21-15(19)22-13(10)16/h6-8H,1-5,9H2,(H2,19,21,22). The molecule has 2 N–H and O–H groups in total. The largest absolute Gasteiger partial charge is 0.368 e. The van der Waals surface area contributed by atoms with Crippen LogP contribution >= 0.6 is 23.2 Å². The SMILES string of the molecule is Nc1ncc2c(n1)C1(CCCN(c3ncc(Cl)cc3Cl)C1)CC2. The van der Waals surface area contributed by atoms with Crippen molar-refractivity contribution in [2.24, 2.45) is 0 Å². The quantitative estimate of drug-likeness (QED) is 0.855. The summed E-state index contributed by atoms with van der Waals surface area (Å²) in [6, 6.07) is 1.75. The summed E-state index contributed by atoms with van der Waals surface area (Å²) >= 11 is 12.3. The first kappa shape index (κ1) is 15.0. The van der Waals surface area contributed by atoms with Gasteiger partial charge in [0.1, 0.15) is 5.82 Å². The third kappa shape index (κ3) is 2.52. The lowest BCUT2D eigenvalue weighted by atomic mass is 9.77. The molecule has 0 saturated carbocycles. The average molecular weight is 350 g/mol. The molecule has 0 aromatic carbocycles. The predicted octanol–water partition coefficient (Wildman–Crippen LogP) is 3.25. The maximum absolute atomic E-state index is 6.35. The van der Waals surface area contributed by atoms with Crippen molar-refractivity contribution in [3.63, 3.8) is 0 Å². The fraction of sp³-hybridized carbons (Fsp3) is 0.438. The van der Waals surface area contributed by atoms with Crippen molar-refractivity contribution >= 4 is 35.0 Å². The highest BCUT2D eigenvalue weighted by molar-refractivity contribution is 6.36. The van der Waals surface area contributed by atoms with Gasteiger partial charge in [0.25, 0.3) is 0 Å². The molecule has 7 heteroatoms. The maximum Gasteiger partial charge on any atom is 0.220 e. The summed E-state index contributed by atoms with van der Waals surface area (Å²) in [6.07, 6.45) is 7.78. The van der Waals surface area contributed by atoms with Gasteiger partial charge in [0, 0.05) is 30.9 Å². The second-order valence-electron chi connectivity index (χ2n) is 6.37. The second kappa shape index (κ2) is 5.49. The molecule has 2 aliphatic rings. The number of nitrogen functional groups attached to an aromatic ring is 1. The lowest BCUT2D eigenvalue weighted by Crippen LogP contribution is -2.46. The summed E-state index contributed by atoms with van der Waals surface area (Å²) < 4.78 is 0. The molecule has 1 fully saturated rings. The number of halogens is 2. The van der Waals surface area contributed by atoms with Crippen LogP contribution in [-0.2, 0) is 11.8 Å². The van der Waals surface area contributed by atoms with E-state index in [4.69, 9.17) is 28.9 Å². The first-order valence-corrected chi connectivity index (χ1v) is 8.51. The van der Waals surface area contributed by atoms with Gasteiger partial charge in [-0.1, -0.05) is 23.2 Å². The number of nitrogens with zero attached hydrogens (tertiary/aromatic N) is 4. The zero-order valence-corrected chi connectivity index (χ0v) is 14.1. The van der Waals surface area contributed by atoms with Crippen LogP contribution in [-0.4, -0.2) is 28.0 Å². The highest BCUT2D eigenvalue weighted by Crippen LogP contribution is 2.45. The third-order valence-electron chi connectivity index (χ3n) is 4.92. The third-order valence-corrected chi connectivity index (χ3v) is 5.41. The number of aryl methyl sites for hydroxylation is 1. The van der Waals surface area contributed by atoms with Crippen LogP contribution in [0, 0.1) is 0 Å². The zero-order valence-electron chi connectivity index (χ0n) is 12.6. The lowest BCUT2D eigenvalue weighted by molar-refractivity contribution is 0.333. The molecule has 0 amide bonds. The summed E-state index contributed by atoms with van der Waals surface area (Å²) in [7, 11) is 0. The van der Waals surface area contributed by atoms with Crippen molar-refractivity contribution < 1.29 is 0 Å². The van der Waals surface area contributed by atoms with Crippen molar-refractivity contribution in [2.75, 3.05) is 23.7 Å². The number of anilines is 2. The Kier molecular flexibility index (Phi) is 3.58. The van der Waals surface area contributed by atoms with Crippen LogP contribution in [0.4, 0.5) is 11.8 Å². The summed E-state index contributed by atoms with van der Waals surface area (Å²) in [5, 5.41) is 1.15. The minimum atomic E-state index is 0.0231. The Morgan fingerprint density at radius 3 is 2.87 bits per heavy atom. The number of nitrogens with two attached hydrogens (primary N) is 1. The van der Waals surface area contributed by atoms with E-state index < -0.39 is 0 Å². The van der Waals surface area contributed by atoms with E-state index >= 15 is 0 Å². The summed E-state index contributed by atoms with van der Waals surface area (Å²) in [4.78, 5) is 15.4. The van der Waals surface area contributed by atoms with Crippen LogP contribution < -0.4 is 10.6 Å². The Hall–Kier alpha value is -1.59. The molecule has 1 aliphatic heterocycles. The predicted molar refractivity (Wildman–Crippen MR) is 92.1 cm³/mol. The van der Waals surface area contributed by atoms with Crippen molar-refractivity contribution in [2.45, 2.75) is 31.1 Å². The molecule has 1 saturated heterocycles. The smallest absolute Gasteiger partial charge is 0.220 e. The molecule has 4 rings (SSSR count). The minimum absolute atomic E-state index is 0.0231. The van der Waals surface area contributed by atoms with Gasteiger partial charge in [-0.25, -0.2) is 15.0 Å². The van der Waals surface area contributed by atoms with Crippen molar-refractivity contribution in [1.82, 2.24) is 15.0 Å². The first-order chi connectivity index (χ1) is 11.1. The van der Waals surface area contributed by atoms with E-state index in [1.165, 1.54) is 5.56 Å². The zero-order chi connectivity index (χ0) is 16.0. The molecule has 2 aromatic rings. The Morgan fingerprint density at radius 1 is 1.17 bits per heavy atom. The van der Waals surface area contributed by atoms with Crippen LogP contribution in [0.25, 0.3) is 0 Å². The molecular weight excluding hydrogens is 333 g/mol. The molecule has 3 heterocycles. The van der Waals surface area contributed by atoms with Gasteiger partial charge in [-0.15, -0.1) is 0 Å². The molecule has 1 aliphatic carbocycles. The molecule has 1 atom stereocenters. The van der Waals surface area contributed by atoms with Gasteiger partial charge in [0.2, 0.25) is 5.95 Å². The summed E-state index contributed by atoms with van der Waals surface area (Å²) in [5.74, 6) is 1.15. The number of fused-ring (bicyclic) bond motifs is 2. The van der Waals surface area contributed by atoms with E-state index in [9.17, 15) is 0 Å². The van der Waals surface area contributed by atoms with Gasteiger partial charge < -0.3 is 10.6 Å². The van der Waals surface area contributed by atoms with E-state index in [0.717, 1.165) is 50.3 Å². The van der Waals surface area contributed by atoms with Gasteiger partial charge in [-0.3, -0.25) is 0 Å². The Labute approximate surface area is 144 Å². The number of piperidine rings is 1. The minimum Gasteiger partial charge on any atom is -0.368 e. The van der Waals surface area contributed by atoms with E-state index in [1.54, 1.807) is 12.3 Å². The van der Waals surface area contributed by atoms with Gasteiger partial charge in [-0.05, 0) is 37.3 Å². The van der Waals surface area contributed by atoms with Crippen LogP contribution in [0.2, 0.25) is 10.0 Å². The van der Waals surface area contributed by atoms with Crippen molar-refractivity contribution in [1.29, 1.82) is 0 Å². The normalized spacial score (nSPS) is 23.3. The van der Waals surface area contributed by atoms with E-state index in [0.29, 0.717) is 16.0 Å². The number of hydrogen-bond acceptors (Lipinski definition) is 5. The monoisotopic (exact) mass is 349 g/mol. The fourth-order valence-electron chi connectivity index (χ4n) is 3.90. The number of pyridine rings is 1. The van der Waals surface area contributed by atoms with Crippen LogP contribution in [0.1, 0.15) is 30.5 Å². The molecule has 0 bridgehead atoms. The molecule has 23 heavy (non-hydrogen) atoms. The topological polar surface area (TPSA) is 67.9 Å². The highest BCUT2D eigenvalue weighted by Gasteiger charge is 2.44. The number of hydrogen-bond donors (Lipinski definition) is 1. The summed E-state index contributed by atoms with van der Waals surface area (Å²) in [6.45, 7) is 1.79. The number of aromatic nitrogens is 3. The number of rotatable bonds is 1. The molecule has 1 spiro atoms. The maximum atomic E-state index is 6.35. The molecule has 120 valence electrons. The van der Waals surface area contributed by atoms with Crippen LogP contribution in [0.15, 0.2) is 18.5 Å². The van der Waals surface area contributed by atoms with Gasteiger partial charge in [-0.2, -0.15) is 0 Å². The Balaban J connectivity index is 1.70. The Morgan fingerprint density at radius 2 is 2.04 bits per heavy atom. The van der Waals surface area contributed by atoms with Gasteiger partial charge >= 0.3 is 0 Å². The van der Waals surface area contributed by atoms with Crippen molar-refractivity contribution in [3.05, 3.63) is 39.8 Å². The van der Waals surface area contributed by atoms with E-state index in [2.05, 4.69) is 19.9 Å². The molecular formula is C16H17Cl2N5. The molecule has 5 nitrogen and oxygen atoms in total. The van der Waals surface area contributed by atoms with Gasteiger partial charge in [0.05, 0.1) is 15.7 Å².